The lowest BCUT2D eigenvalue weighted by Gasteiger charge is -2.03. The van der Waals surface area contributed by atoms with Gasteiger partial charge < -0.3 is 5.32 Å². The number of hydrogen-bond acceptors (Lipinski definition) is 2. The highest BCUT2D eigenvalue weighted by Gasteiger charge is 2.00. The van der Waals surface area contributed by atoms with Gasteiger partial charge in [-0.25, -0.2) is 0 Å². The molecule has 0 fully saturated rings. The number of nitrogens with one attached hydrogen (secondary N) is 1. The minimum atomic E-state index is 0.733. The van der Waals surface area contributed by atoms with E-state index < -0.39 is 0 Å². The van der Waals surface area contributed by atoms with Crippen molar-refractivity contribution in [2.45, 2.75) is 4.90 Å². The Balaban J connectivity index is 2.59. The van der Waals surface area contributed by atoms with Crippen molar-refractivity contribution in [3.63, 3.8) is 0 Å². The predicted octanol–water partition coefficient (Wildman–Crippen LogP) is 3.30. The van der Waals surface area contributed by atoms with Gasteiger partial charge in [-0.05, 0) is 25.2 Å². The smallest absolute Gasteiger partial charge is 0.0542 e. The molecule has 72 valence electrons. The number of halogens is 2. The van der Waals surface area contributed by atoms with Crippen molar-refractivity contribution in [3.8, 4) is 0 Å². The van der Waals surface area contributed by atoms with Gasteiger partial charge in [0.25, 0.3) is 0 Å². The summed E-state index contributed by atoms with van der Waals surface area (Å²) in [5.41, 5.74) is 0. The van der Waals surface area contributed by atoms with E-state index in [1.54, 1.807) is 17.8 Å². The van der Waals surface area contributed by atoms with Gasteiger partial charge in [0.05, 0.1) is 5.02 Å². The highest BCUT2D eigenvalue weighted by Crippen LogP contribution is 2.29. The Bertz CT molecular complexity index is 278. The van der Waals surface area contributed by atoms with Crippen LogP contribution in [-0.2, 0) is 0 Å². The van der Waals surface area contributed by atoms with Crippen LogP contribution in [0.1, 0.15) is 0 Å². The van der Waals surface area contributed by atoms with Gasteiger partial charge in [-0.1, -0.05) is 23.2 Å². The molecule has 0 aliphatic heterocycles. The van der Waals surface area contributed by atoms with Crippen LogP contribution in [0.4, 0.5) is 0 Å². The van der Waals surface area contributed by atoms with Crippen molar-refractivity contribution in [3.05, 3.63) is 28.2 Å². The molecule has 13 heavy (non-hydrogen) atoms. The minimum absolute atomic E-state index is 0.733. The Morgan fingerprint density at radius 2 is 2.15 bits per heavy atom. The first-order valence-corrected chi connectivity index (χ1v) is 5.70. The van der Waals surface area contributed by atoms with E-state index in [2.05, 4.69) is 5.32 Å². The first kappa shape index (κ1) is 11.2. The lowest BCUT2D eigenvalue weighted by Crippen LogP contribution is -2.09. The molecule has 0 saturated heterocycles. The lowest BCUT2D eigenvalue weighted by molar-refractivity contribution is 0.872. The highest BCUT2D eigenvalue weighted by molar-refractivity contribution is 7.99. The zero-order valence-electron chi connectivity index (χ0n) is 7.31. The van der Waals surface area contributed by atoms with Crippen LogP contribution >= 0.6 is 35.0 Å². The van der Waals surface area contributed by atoms with E-state index in [1.165, 1.54) is 0 Å². The summed E-state index contributed by atoms with van der Waals surface area (Å²) in [5, 5.41) is 4.58. The van der Waals surface area contributed by atoms with Gasteiger partial charge in [0, 0.05) is 22.2 Å². The molecule has 0 spiro atoms. The quantitative estimate of drug-likeness (QED) is 0.635. The predicted molar refractivity (Wildman–Crippen MR) is 61.1 cm³/mol. The molecule has 1 rings (SSSR count). The molecule has 0 bridgehead atoms. The van der Waals surface area contributed by atoms with Crippen LogP contribution in [0, 0.1) is 0 Å². The number of rotatable bonds is 4. The molecule has 0 amide bonds. The molecule has 0 aliphatic rings. The third kappa shape index (κ3) is 3.77. The normalized spacial score (nSPS) is 10.4. The zero-order valence-corrected chi connectivity index (χ0v) is 9.64. The SMILES string of the molecule is CNCCSc1cc(Cl)ccc1Cl. The van der Waals surface area contributed by atoms with Gasteiger partial charge >= 0.3 is 0 Å². The molecule has 0 unspecified atom stereocenters. The van der Waals surface area contributed by atoms with Crippen LogP contribution in [0.5, 0.6) is 0 Å². The first-order valence-electron chi connectivity index (χ1n) is 3.96. The van der Waals surface area contributed by atoms with Crippen molar-refractivity contribution in [1.82, 2.24) is 5.32 Å². The fourth-order valence-electron chi connectivity index (χ4n) is 0.851. The van der Waals surface area contributed by atoms with Crippen LogP contribution in [-0.4, -0.2) is 19.3 Å². The Hall–Kier alpha value is 0.110. The number of hydrogen-bond donors (Lipinski definition) is 1. The fraction of sp³-hybridized carbons (Fsp3) is 0.333. The van der Waals surface area contributed by atoms with E-state index in [-0.39, 0.29) is 0 Å². The topological polar surface area (TPSA) is 12.0 Å². The van der Waals surface area contributed by atoms with Crippen molar-refractivity contribution >= 4 is 35.0 Å². The summed E-state index contributed by atoms with van der Waals surface area (Å²) < 4.78 is 0. The number of thioether (sulfide) groups is 1. The van der Waals surface area contributed by atoms with Gasteiger partial charge in [0.2, 0.25) is 0 Å². The second-order valence-electron chi connectivity index (χ2n) is 2.53. The Kier molecular flexibility index (Phi) is 4.96. The van der Waals surface area contributed by atoms with Crippen molar-refractivity contribution in [2.75, 3.05) is 19.3 Å². The molecule has 0 saturated carbocycles. The van der Waals surface area contributed by atoms with Gasteiger partial charge in [-0.3, -0.25) is 0 Å². The lowest BCUT2D eigenvalue weighted by atomic mass is 10.4. The highest BCUT2D eigenvalue weighted by atomic mass is 35.5. The average molecular weight is 236 g/mol. The summed E-state index contributed by atoms with van der Waals surface area (Å²) in [4.78, 5) is 1.05. The first-order chi connectivity index (χ1) is 6.24. The molecule has 0 atom stereocenters. The van der Waals surface area contributed by atoms with E-state index in [9.17, 15) is 0 Å². The molecule has 1 aromatic rings. The van der Waals surface area contributed by atoms with Crippen molar-refractivity contribution in [1.29, 1.82) is 0 Å². The average Bonchev–Trinajstić information content (AvgIpc) is 2.11. The van der Waals surface area contributed by atoms with Gasteiger partial charge in [-0.15, -0.1) is 11.8 Å². The molecule has 1 nitrogen and oxygen atoms in total. The summed E-state index contributed by atoms with van der Waals surface area (Å²) in [6, 6.07) is 5.52. The van der Waals surface area contributed by atoms with E-state index >= 15 is 0 Å². The molecular weight excluding hydrogens is 225 g/mol. The molecule has 1 aromatic carbocycles. The van der Waals surface area contributed by atoms with Gasteiger partial charge in [0.1, 0.15) is 0 Å². The Labute approximate surface area is 92.8 Å². The fourth-order valence-corrected chi connectivity index (χ4v) is 2.31. The van der Waals surface area contributed by atoms with Crippen LogP contribution in [0.3, 0.4) is 0 Å². The maximum atomic E-state index is 5.98. The molecule has 0 aliphatic carbocycles. The maximum Gasteiger partial charge on any atom is 0.0542 e. The van der Waals surface area contributed by atoms with Crippen LogP contribution in [0.2, 0.25) is 10.0 Å². The van der Waals surface area contributed by atoms with Crippen molar-refractivity contribution < 1.29 is 0 Å². The van der Waals surface area contributed by atoms with E-state index in [0.29, 0.717) is 0 Å². The largest absolute Gasteiger partial charge is 0.319 e. The Morgan fingerprint density at radius 1 is 1.38 bits per heavy atom. The maximum absolute atomic E-state index is 5.98. The summed E-state index contributed by atoms with van der Waals surface area (Å²) in [6.07, 6.45) is 0. The van der Waals surface area contributed by atoms with Gasteiger partial charge in [0.15, 0.2) is 0 Å². The van der Waals surface area contributed by atoms with E-state index in [0.717, 1.165) is 27.2 Å². The monoisotopic (exact) mass is 235 g/mol. The summed E-state index contributed by atoms with van der Waals surface area (Å²) in [7, 11) is 1.93. The van der Waals surface area contributed by atoms with E-state index in [4.69, 9.17) is 23.2 Å². The third-order valence-corrected chi connectivity index (χ3v) is 3.24. The van der Waals surface area contributed by atoms with Crippen LogP contribution in [0.15, 0.2) is 23.1 Å². The van der Waals surface area contributed by atoms with E-state index in [1.807, 2.05) is 19.2 Å². The molecule has 0 radical (unpaired) electrons. The third-order valence-electron chi connectivity index (χ3n) is 1.50. The molecular formula is C9H11Cl2NS. The summed E-state index contributed by atoms with van der Waals surface area (Å²) in [6.45, 7) is 0.966. The molecule has 0 aromatic heterocycles. The summed E-state index contributed by atoms with van der Waals surface area (Å²) >= 11 is 13.5. The standard InChI is InChI=1S/C9H11Cl2NS/c1-12-4-5-13-9-6-7(10)2-3-8(9)11/h2-3,6,12H,4-5H2,1H3. The minimum Gasteiger partial charge on any atom is -0.319 e. The molecule has 4 heteroatoms. The number of benzene rings is 1. The van der Waals surface area contributed by atoms with Crippen LogP contribution in [0.25, 0.3) is 0 Å². The Morgan fingerprint density at radius 3 is 2.85 bits per heavy atom. The second kappa shape index (κ2) is 5.76. The van der Waals surface area contributed by atoms with Crippen LogP contribution < -0.4 is 5.32 Å². The zero-order chi connectivity index (χ0) is 9.68. The molecule has 0 heterocycles. The summed E-state index contributed by atoms with van der Waals surface area (Å²) in [5.74, 6) is 0.997. The second-order valence-corrected chi connectivity index (χ2v) is 4.51. The van der Waals surface area contributed by atoms with Gasteiger partial charge in [-0.2, -0.15) is 0 Å². The molecule has 1 N–H and O–H groups in total. The van der Waals surface area contributed by atoms with Crippen molar-refractivity contribution in [2.24, 2.45) is 0 Å².